The monoisotopic (exact) mass is 354 g/mol. The van der Waals surface area contributed by atoms with E-state index in [1.165, 1.54) is 24.3 Å². The van der Waals surface area contributed by atoms with E-state index in [9.17, 15) is 9.59 Å². The molecule has 0 heterocycles. The molecule has 120 valence electrons. The zero-order valence-corrected chi connectivity index (χ0v) is 13.1. The highest BCUT2D eigenvalue weighted by atomic mass is 35.5. The lowest BCUT2D eigenvalue weighted by atomic mass is 9.99. The van der Waals surface area contributed by atoms with Crippen LogP contribution in [0.5, 0.6) is 0 Å². The van der Waals surface area contributed by atoms with Crippen molar-refractivity contribution in [3.05, 3.63) is 56.6 Å². The number of halogens is 2. The van der Waals surface area contributed by atoms with Gasteiger partial charge in [0.2, 0.25) is 0 Å². The Morgan fingerprint density at radius 1 is 0.826 bits per heavy atom. The fourth-order valence-electron chi connectivity index (χ4n) is 2.14. The van der Waals surface area contributed by atoms with Crippen LogP contribution >= 0.6 is 23.2 Å². The van der Waals surface area contributed by atoms with Gasteiger partial charge in [-0.05, 0) is 41.8 Å². The summed E-state index contributed by atoms with van der Waals surface area (Å²) in [6, 6.07) is 5.81. The van der Waals surface area contributed by atoms with E-state index in [2.05, 4.69) is 0 Å². The Kier molecular flexibility index (Phi) is 4.68. The minimum atomic E-state index is -1.20. The van der Waals surface area contributed by atoms with Crippen LogP contribution in [0.2, 0.25) is 10.0 Å². The second-order valence-electron chi connectivity index (χ2n) is 4.86. The van der Waals surface area contributed by atoms with E-state index in [0.29, 0.717) is 11.1 Å². The Balaban J connectivity index is 2.48. The minimum Gasteiger partial charge on any atom is -0.478 e. The van der Waals surface area contributed by atoms with Crippen molar-refractivity contribution in [3.8, 4) is 0 Å². The Hall–Kier alpha value is -2.44. The first-order valence-electron chi connectivity index (χ1n) is 6.33. The van der Waals surface area contributed by atoms with Gasteiger partial charge in [0.15, 0.2) is 0 Å². The molecule has 0 spiro atoms. The highest BCUT2D eigenvalue weighted by Gasteiger charge is 2.16. The molecule has 0 unspecified atom stereocenters. The molecule has 0 aliphatic heterocycles. The quantitative estimate of drug-likeness (QED) is 0.624. The number of aromatic carboxylic acids is 2. The summed E-state index contributed by atoms with van der Waals surface area (Å²) in [5, 5.41) is 18.5. The normalized spacial score (nSPS) is 10.5. The number of carboxylic acid groups (broad SMARTS) is 2. The molecule has 2 aromatic carbocycles. The zero-order chi connectivity index (χ0) is 17.3. The number of hydrogen-bond acceptors (Lipinski definition) is 4. The smallest absolute Gasteiger partial charge is 0.337 e. The van der Waals surface area contributed by atoms with Gasteiger partial charge in [-0.15, -0.1) is 0 Å². The summed E-state index contributed by atoms with van der Waals surface area (Å²) in [5.41, 5.74) is 12.1. The van der Waals surface area contributed by atoms with Gasteiger partial charge in [0.1, 0.15) is 0 Å². The molecule has 2 rings (SSSR count). The second kappa shape index (κ2) is 6.36. The van der Waals surface area contributed by atoms with E-state index in [1.54, 1.807) is 0 Å². The number of carboxylic acids is 2. The van der Waals surface area contributed by atoms with Crippen LogP contribution in [0.4, 0.5) is 11.4 Å². The number of nitrogens with two attached hydrogens (primary N) is 2. The number of carbonyl (C=O) groups is 2. The van der Waals surface area contributed by atoms with E-state index in [4.69, 9.17) is 44.9 Å². The third-order valence-electron chi connectivity index (χ3n) is 3.25. The van der Waals surface area contributed by atoms with Crippen LogP contribution in [0.15, 0.2) is 24.3 Å². The molecule has 0 aliphatic rings. The molecule has 0 radical (unpaired) electrons. The van der Waals surface area contributed by atoms with E-state index in [-0.39, 0.29) is 39.0 Å². The molecular formula is C15H12Cl2N2O4. The molecule has 6 nitrogen and oxygen atoms in total. The summed E-state index contributed by atoms with van der Waals surface area (Å²) in [5.74, 6) is -2.40. The Morgan fingerprint density at radius 3 is 1.48 bits per heavy atom. The molecule has 0 aliphatic carbocycles. The van der Waals surface area contributed by atoms with E-state index < -0.39 is 11.9 Å². The van der Waals surface area contributed by atoms with Crippen LogP contribution in [0, 0.1) is 0 Å². The third-order valence-corrected chi connectivity index (χ3v) is 3.87. The molecule has 0 fully saturated rings. The van der Waals surface area contributed by atoms with Crippen molar-refractivity contribution >= 4 is 46.5 Å². The van der Waals surface area contributed by atoms with Crippen molar-refractivity contribution in [1.82, 2.24) is 0 Å². The number of rotatable bonds is 4. The van der Waals surface area contributed by atoms with Crippen LogP contribution in [0.25, 0.3) is 0 Å². The van der Waals surface area contributed by atoms with Crippen LogP contribution < -0.4 is 11.5 Å². The van der Waals surface area contributed by atoms with Gasteiger partial charge in [0, 0.05) is 0 Å². The summed E-state index contributed by atoms with van der Waals surface area (Å²) >= 11 is 11.9. The standard InChI is InChI=1S/C15H12Cl2N2O4/c16-10-4-6(2-8(12(10)18)14(20)21)1-7-3-9(15(22)23)13(19)11(17)5-7/h2-5H,1,18-19H2,(H,20,21)(H,22,23). The molecule has 8 heteroatoms. The van der Waals surface area contributed by atoms with Crippen LogP contribution in [0.3, 0.4) is 0 Å². The molecule has 6 N–H and O–H groups in total. The number of hydrogen-bond donors (Lipinski definition) is 4. The Labute approximate surface area is 141 Å². The topological polar surface area (TPSA) is 127 Å². The molecule has 23 heavy (non-hydrogen) atoms. The fraction of sp³-hybridized carbons (Fsp3) is 0.0667. The van der Waals surface area contributed by atoms with Crippen molar-refractivity contribution in [2.24, 2.45) is 0 Å². The molecule has 0 atom stereocenters. The van der Waals surface area contributed by atoms with Gasteiger partial charge >= 0.3 is 11.9 Å². The van der Waals surface area contributed by atoms with E-state index in [0.717, 1.165) is 0 Å². The third kappa shape index (κ3) is 3.49. The Morgan fingerprint density at radius 2 is 1.17 bits per heavy atom. The van der Waals surface area contributed by atoms with E-state index >= 15 is 0 Å². The van der Waals surface area contributed by atoms with Gasteiger partial charge in [-0.1, -0.05) is 23.2 Å². The van der Waals surface area contributed by atoms with Crippen LogP contribution in [-0.2, 0) is 6.42 Å². The summed E-state index contributed by atoms with van der Waals surface area (Å²) in [6.45, 7) is 0. The zero-order valence-electron chi connectivity index (χ0n) is 11.6. The van der Waals surface area contributed by atoms with Gasteiger partial charge in [-0.3, -0.25) is 0 Å². The molecule has 2 aromatic rings. The van der Waals surface area contributed by atoms with E-state index in [1.807, 2.05) is 0 Å². The SMILES string of the molecule is Nc1c(Cl)cc(Cc2cc(Cl)c(N)c(C(=O)O)c2)cc1C(=O)O. The highest BCUT2D eigenvalue weighted by molar-refractivity contribution is 6.34. The lowest BCUT2D eigenvalue weighted by molar-refractivity contribution is 0.0687. The molecule has 0 aromatic heterocycles. The predicted octanol–water partition coefficient (Wildman–Crippen LogP) is 3.15. The maximum absolute atomic E-state index is 11.2. The maximum Gasteiger partial charge on any atom is 0.337 e. The second-order valence-corrected chi connectivity index (χ2v) is 5.68. The fourth-order valence-corrected chi connectivity index (χ4v) is 2.63. The highest BCUT2D eigenvalue weighted by Crippen LogP contribution is 2.29. The lowest BCUT2D eigenvalue weighted by Gasteiger charge is -2.10. The average molecular weight is 355 g/mol. The molecule has 0 saturated heterocycles. The minimum absolute atomic E-state index is 0.0236. The number of anilines is 2. The molecule has 0 amide bonds. The predicted molar refractivity (Wildman–Crippen MR) is 88.5 cm³/mol. The van der Waals surface area contributed by atoms with Gasteiger partial charge in [0.05, 0.1) is 32.5 Å². The van der Waals surface area contributed by atoms with Crippen molar-refractivity contribution in [2.75, 3.05) is 11.5 Å². The van der Waals surface area contributed by atoms with Gasteiger partial charge in [0.25, 0.3) is 0 Å². The first-order valence-corrected chi connectivity index (χ1v) is 7.08. The van der Waals surface area contributed by atoms with Gasteiger partial charge in [-0.2, -0.15) is 0 Å². The summed E-state index contributed by atoms with van der Waals surface area (Å²) in [4.78, 5) is 22.3. The number of nitrogen functional groups attached to an aromatic ring is 2. The number of benzene rings is 2. The van der Waals surface area contributed by atoms with Crippen molar-refractivity contribution in [1.29, 1.82) is 0 Å². The first kappa shape index (κ1) is 16.9. The summed E-state index contributed by atoms with van der Waals surface area (Å²) in [7, 11) is 0. The largest absolute Gasteiger partial charge is 0.478 e. The lowest BCUT2D eigenvalue weighted by Crippen LogP contribution is -2.06. The van der Waals surface area contributed by atoms with Crippen molar-refractivity contribution in [3.63, 3.8) is 0 Å². The van der Waals surface area contributed by atoms with Crippen LogP contribution in [-0.4, -0.2) is 22.2 Å². The van der Waals surface area contributed by atoms with Crippen LogP contribution in [0.1, 0.15) is 31.8 Å². The van der Waals surface area contributed by atoms with Gasteiger partial charge in [-0.25, -0.2) is 9.59 Å². The molecular weight excluding hydrogens is 343 g/mol. The van der Waals surface area contributed by atoms with Gasteiger partial charge < -0.3 is 21.7 Å². The Bertz CT molecular complexity index is 754. The summed E-state index contributed by atoms with van der Waals surface area (Å²) < 4.78 is 0. The maximum atomic E-state index is 11.2. The first-order chi connectivity index (χ1) is 10.7. The van der Waals surface area contributed by atoms with Crippen molar-refractivity contribution in [2.45, 2.75) is 6.42 Å². The summed E-state index contributed by atoms with van der Waals surface area (Å²) in [6.07, 6.45) is 0.223. The van der Waals surface area contributed by atoms with Crippen molar-refractivity contribution < 1.29 is 19.8 Å². The average Bonchev–Trinajstić information content (AvgIpc) is 2.45. The molecule has 0 saturated carbocycles. The molecule has 0 bridgehead atoms.